The Morgan fingerprint density at radius 1 is 0.579 bits per heavy atom. The summed E-state index contributed by atoms with van der Waals surface area (Å²) in [6.45, 7) is 3.15. The van der Waals surface area contributed by atoms with E-state index in [0.717, 1.165) is 44.8 Å². The van der Waals surface area contributed by atoms with Gasteiger partial charge in [-0.2, -0.15) is 0 Å². The fourth-order valence-corrected chi connectivity index (χ4v) is 4.45. The van der Waals surface area contributed by atoms with Crippen molar-refractivity contribution < 1.29 is 9.59 Å². The zero-order valence-electron chi connectivity index (χ0n) is 21.0. The maximum atomic E-state index is 11.1. The molecule has 0 fully saturated rings. The Morgan fingerprint density at radius 3 is 1.32 bits per heavy atom. The average Bonchev–Trinajstić information content (AvgIpc) is 2.94. The summed E-state index contributed by atoms with van der Waals surface area (Å²) in [4.78, 5) is 31.2. The van der Waals surface area contributed by atoms with Gasteiger partial charge in [-0.25, -0.2) is 0 Å². The Balaban J connectivity index is 1.45. The number of carbonyl (C=O) groups is 2. The van der Waals surface area contributed by atoms with E-state index >= 15 is 0 Å². The molecule has 4 rings (SSSR count). The van der Waals surface area contributed by atoms with Crippen LogP contribution in [0, 0.1) is 23.7 Å². The van der Waals surface area contributed by atoms with E-state index in [1.54, 1.807) is 26.2 Å². The number of hydrogen-bond acceptors (Lipinski definition) is 6. The Kier molecular flexibility index (Phi) is 9.54. The lowest BCUT2D eigenvalue weighted by Crippen LogP contribution is -1.90. The van der Waals surface area contributed by atoms with E-state index in [9.17, 15) is 9.59 Å². The van der Waals surface area contributed by atoms with Crippen LogP contribution in [0.3, 0.4) is 0 Å². The lowest BCUT2D eigenvalue weighted by atomic mass is 10.1. The second-order valence-corrected chi connectivity index (χ2v) is 10.6. The SMILES string of the molecule is CC(=O)SCc1ccc(C#Cc2ccnc(-c3cc(C#Cc4ccc(CSC(C)=O)cc4)ccn3)c2)cc1. The van der Waals surface area contributed by atoms with Crippen molar-refractivity contribution in [2.24, 2.45) is 0 Å². The van der Waals surface area contributed by atoms with Gasteiger partial charge in [0, 0.05) is 60.0 Å². The van der Waals surface area contributed by atoms with Crippen LogP contribution in [0.5, 0.6) is 0 Å². The van der Waals surface area contributed by atoms with Gasteiger partial charge in [0.15, 0.2) is 10.2 Å². The fourth-order valence-electron chi connectivity index (χ4n) is 3.32. The molecule has 4 nitrogen and oxygen atoms in total. The summed E-state index contributed by atoms with van der Waals surface area (Å²) in [6, 6.07) is 23.4. The van der Waals surface area contributed by atoms with Gasteiger partial charge in [-0.15, -0.1) is 0 Å². The van der Waals surface area contributed by atoms with Crippen molar-refractivity contribution in [3.63, 3.8) is 0 Å². The highest BCUT2D eigenvalue weighted by atomic mass is 32.2. The molecule has 0 bridgehead atoms. The molecule has 0 aliphatic carbocycles. The van der Waals surface area contributed by atoms with Crippen LogP contribution in [0.15, 0.2) is 85.2 Å². The van der Waals surface area contributed by atoms with Crippen molar-refractivity contribution in [2.45, 2.75) is 25.4 Å². The second-order valence-electron chi connectivity index (χ2n) is 8.31. The number of aromatic nitrogens is 2. The zero-order chi connectivity index (χ0) is 26.7. The second kappa shape index (κ2) is 13.4. The largest absolute Gasteiger partial charge is 0.288 e. The van der Waals surface area contributed by atoms with E-state index in [1.165, 1.54) is 23.5 Å². The third kappa shape index (κ3) is 8.49. The van der Waals surface area contributed by atoms with Crippen LogP contribution in [0.1, 0.15) is 47.2 Å². The third-order valence-corrected chi connectivity index (χ3v) is 7.05. The van der Waals surface area contributed by atoms with Gasteiger partial charge < -0.3 is 0 Å². The van der Waals surface area contributed by atoms with E-state index in [-0.39, 0.29) is 10.2 Å². The Hall–Kier alpha value is -4.10. The molecule has 0 amide bonds. The van der Waals surface area contributed by atoms with Crippen LogP contribution in [0.2, 0.25) is 0 Å². The molecule has 0 unspecified atom stereocenters. The summed E-state index contributed by atoms with van der Waals surface area (Å²) in [6.07, 6.45) is 3.46. The molecule has 0 aliphatic heterocycles. The van der Waals surface area contributed by atoms with Crippen molar-refractivity contribution in [1.82, 2.24) is 9.97 Å². The summed E-state index contributed by atoms with van der Waals surface area (Å²) < 4.78 is 0. The van der Waals surface area contributed by atoms with Crippen LogP contribution in [-0.4, -0.2) is 20.2 Å². The van der Waals surface area contributed by atoms with Crippen LogP contribution in [-0.2, 0) is 21.1 Å². The van der Waals surface area contributed by atoms with Crippen LogP contribution in [0.25, 0.3) is 11.4 Å². The first kappa shape index (κ1) is 26.9. The number of nitrogens with zero attached hydrogens (tertiary/aromatic N) is 2. The first-order valence-corrected chi connectivity index (χ1v) is 13.8. The predicted octanol–water partition coefficient (Wildman–Crippen LogP) is 6.50. The minimum atomic E-state index is 0.113. The summed E-state index contributed by atoms with van der Waals surface area (Å²) in [7, 11) is 0. The first-order chi connectivity index (χ1) is 18.4. The smallest absolute Gasteiger partial charge is 0.186 e. The molecule has 0 aliphatic rings. The molecule has 2 heterocycles. The molecule has 2 aromatic heterocycles. The Bertz CT molecular complexity index is 1450. The first-order valence-electron chi connectivity index (χ1n) is 11.9. The maximum absolute atomic E-state index is 11.1. The number of benzene rings is 2. The monoisotopic (exact) mass is 532 g/mol. The van der Waals surface area contributed by atoms with E-state index in [2.05, 4.69) is 33.6 Å². The predicted molar refractivity (Wildman–Crippen MR) is 156 cm³/mol. The molecule has 0 saturated carbocycles. The number of hydrogen-bond donors (Lipinski definition) is 0. The molecular formula is C32H24N2O2S2. The standard InChI is InChI=1S/C32H24N2O2S2/c1-23(35)37-21-29-11-5-25(6-12-29)3-9-27-15-17-33-31(19-27)32-20-28(16-18-34-32)10-4-26-7-13-30(14-8-26)22-38-24(2)36/h5-8,11-20H,21-22H2,1-2H3. The van der Waals surface area contributed by atoms with Crippen LogP contribution >= 0.6 is 23.5 Å². The fraction of sp³-hybridized carbons (Fsp3) is 0.125. The highest BCUT2D eigenvalue weighted by molar-refractivity contribution is 8.13. The highest BCUT2D eigenvalue weighted by Gasteiger charge is 2.03. The number of carbonyl (C=O) groups excluding carboxylic acids is 2. The lowest BCUT2D eigenvalue weighted by Gasteiger charge is -2.01. The van der Waals surface area contributed by atoms with Gasteiger partial charge in [-0.3, -0.25) is 19.6 Å². The van der Waals surface area contributed by atoms with Gasteiger partial charge in [0.1, 0.15) is 0 Å². The normalized spacial score (nSPS) is 10.1. The van der Waals surface area contributed by atoms with Gasteiger partial charge in [0.05, 0.1) is 11.4 Å². The molecule has 4 aromatic rings. The van der Waals surface area contributed by atoms with E-state index in [4.69, 9.17) is 0 Å². The van der Waals surface area contributed by atoms with E-state index < -0.39 is 0 Å². The van der Waals surface area contributed by atoms with Gasteiger partial charge in [-0.05, 0) is 59.7 Å². The molecular weight excluding hydrogens is 508 g/mol. The minimum absolute atomic E-state index is 0.113. The summed E-state index contributed by atoms with van der Waals surface area (Å²) in [5.74, 6) is 14.1. The van der Waals surface area contributed by atoms with Gasteiger partial charge in [0.25, 0.3) is 0 Å². The molecule has 0 atom stereocenters. The molecule has 0 radical (unpaired) electrons. The van der Waals surface area contributed by atoms with E-state index in [0.29, 0.717) is 11.5 Å². The molecule has 38 heavy (non-hydrogen) atoms. The minimum Gasteiger partial charge on any atom is -0.288 e. The molecule has 0 spiro atoms. The zero-order valence-corrected chi connectivity index (χ0v) is 22.7. The van der Waals surface area contributed by atoms with Crippen LogP contribution < -0.4 is 0 Å². The van der Waals surface area contributed by atoms with Gasteiger partial charge >= 0.3 is 0 Å². The molecule has 0 N–H and O–H groups in total. The molecule has 6 heteroatoms. The van der Waals surface area contributed by atoms with Crippen molar-refractivity contribution in [1.29, 1.82) is 0 Å². The molecule has 0 saturated heterocycles. The number of pyridine rings is 2. The Labute approximate surface area is 231 Å². The number of thioether (sulfide) groups is 2. The third-order valence-electron chi connectivity index (χ3n) is 5.28. The van der Waals surface area contributed by atoms with Crippen molar-refractivity contribution in [3.8, 4) is 35.1 Å². The summed E-state index contributed by atoms with van der Waals surface area (Å²) in [5.41, 5.74) is 7.13. The van der Waals surface area contributed by atoms with Crippen molar-refractivity contribution in [2.75, 3.05) is 0 Å². The summed E-state index contributed by atoms with van der Waals surface area (Å²) >= 11 is 2.60. The van der Waals surface area contributed by atoms with Gasteiger partial charge in [-0.1, -0.05) is 71.5 Å². The quantitative estimate of drug-likeness (QED) is 0.273. The van der Waals surface area contributed by atoms with Crippen LogP contribution in [0.4, 0.5) is 0 Å². The van der Waals surface area contributed by atoms with E-state index in [1.807, 2.05) is 72.8 Å². The topological polar surface area (TPSA) is 59.9 Å². The highest BCUT2D eigenvalue weighted by Crippen LogP contribution is 2.18. The molecule has 186 valence electrons. The van der Waals surface area contributed by atoms with Gasteiger partial charge in [0.2, 0.25) is 0 Å². The summed E-state index contributed by atoms with van der Waals surface area (Å²) in [5, 5.41) is 0.225. The van der Waals surface area contributed by atoms with Crippen molar-refractivity contribution >= 4 is 33.8 Å². The maximum Gasteiger partial charge on any atom is 0.186 e. The molecule has 2 aromatic carbocycles. The lowest BCUT2D eigenvalue weighted by molar-refractivity contribution is -0.109. The Morgan fingerprint density at radius 2 is 0.947 bits per heavy atom. The average molecular weight is 533 g/mol. The number of rotatable bonds is 5. The van der Waals surface area contributed by atoms with Crippen molar-refractivity contribution in [3.05, 3.63) is 119 Å².